The van der Waals surface area contributed by atoms with Crippen LogP contribution in [0.15, 0.2) is 80.6 Å². The van der Waals surface area contributed by atoms with Gasteiger partial charge in [0.1, 0.15) is 16.9 Å². The van der Waals surface area contributed by atoms with Crippen molar-refractivity contribution in [3.05, 3.63) is 99.6 Å². The van der Waals surface area contributed by atoms with E-state index < -0.39 is 0 Å². The lowest BCUT2D eigenvalue weighted by Crippen LogP contribution is -2.11. The van der Waals surface area contributed by atoms with Gasteiger partial charge in [-0.2, -0.15) is 0 Å². The number of hydrogen-bond acceptors (Lipinski definition) is 4. The maximum atomic E-state index is 12.8. The zero-order valence-corrected chi connectivity index (χ0v) is 17.7. The molecule has 0 unspecified atom stereocenters. The van der Waals surface area contributed by atoms with E-state index in [-0.39, 0.29) is 5.63 Å². The lowest BCUT2D eigenvalue weighted by atomic mass is 9.95. The van der Waals surface area contributed by atoms with Crippen LogP contribution in [0.25, 0.3) is 33.1 Å². The first-order valence-corrected chi connectivity index (χ1v) is 10.2. The van der Waals surface area contributed by atoms with Crippen LogP contribution in [0.2, 0.25) is 0 Å². The third-order valence-electron chi connectivity index (χ3n) is 5.91. The molecule has 0 amide bonds. The maximum absolute atomic E-state index is 12.8. The molecule has 0 N–H and O–H groups in total. The Hall–Kier alpha value is -3.79. The first-order valence-electron chi connectivity index (χ1n) is 10.2. The zero-order valence-electron chi connectivity index (χ0n) is 17.7. The largest absolute Gasteiger partial charge is 0.497 e. The van der Waals surface area contributed by atoms with Gasteiger partial charge in [-0.1, -0.05) is 42.5 Å². The number of hydrogen-bond donors (Lipinski definition) is 0. The van der Waals surface area contributed by atoms with Crippen LogP contribution in [0.3, 0.4) is 0 Å². The van der Waals surface area contributed by atoms with Crippen LogP contribution in [-0.4, -0.2) is 7.11 Å². The molecule has 0 bridgehead atoms. The average Bonchev–Trinajstić information content (AvgIpc) is 3.23. The van der Waals surface area contributed by atoms with E-state index in [1.807, 2.05) is 74.5 Å². The molecule has 0 atom stereocenters. The summed E-state index contributed by atoms with van der Waals surface area (Å²) in [5, 5.41) is 1.88. The number of aryl methyl sites for hydroxylation is 2. The molecular formula is C27H22O4. The summed E-state index contributed by atoms with van der Waals surface area (Å²) in [6, 6.07) is 19.8. The standard InChI is InChI=1S/C27H22O4/c1-16-13-23-25(17(2)21(27(28)31-23)14-18-7-5-4-6-8-18)26-24(16)22(15-30-26)19-9-11-20(29-3)12-10-19/h4-13,15H,14H2,1-3H3. The second kappa shape index (κ2) is 7.47. The fourth-order valence-electron chi connectivity index (χ4n) is 4.28. The first-order chi connectivity index (χ1) is 15.1. The van der Waals surface area contributed by atoms with E-state index >= 15 is 0 Å². The van der Waals surface area contributed by atoms with E-state index in [4.69, 9.17) is 13.6 Å². The van der Waals surface area contributed by atoms with Crippen LogP contribution in [0.5, 0.6) is 5.75 Å². The Morgan fingerprint density at radius 3 is 2.39 bits per heavy atom. The number of rotatable bonds is 4. The summed E-state index contributed by atoms with van der Waals surface area (Å²) in [6.45, 7) is 3.99. The Labute approximate surface area is 179 Å². The minimum absolute atomic E-state index is 0.297. The Bertz CT molecular complexity index is 1460. The van der Waals surface area contributed by atoms with Crippen molar-refractivity contribution in [2.75, 3.05) is 7.11 Å². The van der Waals surface area contributed by atoms with Crippen LogP contribution in [0.4, 0.5) is 0 Å². The number of benzene rings is 3. The highest BCUT2D eigenvalue weighted by atomic mass is 16.5. The molecule has 0 aliphatic carbocycles. The van der Waals surface area contributed by atoms with Crippen LogP contribution < -0.4 is 10.4 Å². The molecule has 3 aromatic carbocycles. The molecule has 0 saturated carbocycles. The molecule has 5 aromatic rings. The van der Waals surface area contributed by atoms with Crippen LogP contribution in [-0.2, 0) is 6.42 Å². The highest BCUT2D eigenvalue weighted by molar-refractivity contribution is 6.11. The molecule has 154 valence electrons. The molecule has 2 aromatic heterocycles. The summed E-state index contributed by atoms with van der Waals surface area (Å²) in [7, 11) is 1.65. The molecule has 31 heavy (non-hydrogen) atoms. The molecule has 0 aliphatic heterocycles. The molecule has 0 fully saturated rings. The van der Waals surface area contributed by atoms with E-state index in [1.165, 1.54) is 0 Å². The van der Waals surface area contributed by atoms with Crippen molar-refractivity contribution in [3.8, 4) is 16.9 Å². The SMILES string of the molecule is COc1ccc(-c2coc3c2c(C)cc2oc(=O)c(Cc4ccccc4)c(C)c23)cc1. The summed E-state index contributed by atoms with van der Waals surface area (Å²) in [5.41, 5.74) is 6.68. The number of furan rings is 1. The first kappa shape index (κ1) is 19.2. The molecule has 0 aliphatic rings. The van der Waals surface area contributed by atoms with Crippen LogP contribution >= 0.6 is 0 Å². The minimum Gasteiger partial charge on any atom is -0.497 e. The molecule has 4 heteroatoms. The van der Waals surface area contributed by atoms with Gasteiger partial charge in [0.25, 0.3) is 0 Å². The summed E-state index contributed by atoms with van der Waals surface area (Å²) in [6.07, 6.45) is 2.30. The van der Waals surface area contributed by atoms with Gasteiger partial charge in [-0.15, -0.1) is 0 Å². The lowest BCUT2D eigenvalue weighted by Gasteiger charge is -2.10. The number of fused-ring (bicyclic) bond motifs is 3. The van der Waals surface area contributed by atoms with Crippen molar-refractivity contribution in [3.63, 3.8) is 0 Å². The number of ether oxygens (including phenoxy) is 1. The van der Waals surface area contributed by atoms with Crippen molar-refractivity contribution in [2.24, 2.45) is 0 Å². The minimum atomic E-state index is -0.297. The van der Waals surface area contributed by atoms with Gasteiger partial charge in [0.05, 0.1) is 18.8 Å². The molecule has 0 saturated heterocycles. The third-order valence-corrected chi connectivity index (χ3v) is 5.91. The summed E-state index contributed by atoms with van der Waals surface area (Å²) in [5.74, 6) is 0.807. The Kier molecular flexibility index (Phi) is 4.63. The van der Waals surface area contributed by atoms with Gasteiger partial charge in [0, 0.05) is 22.9 Å². The van der Waals surface area contributed by atoms with Crippen molar-refractivity contribution in [2.45, 2.75) is 20.3 Å². The van der Waals surface area contributed by atoms with Gasteiger partial charge in [-0.25, -0.2) is 4.79 Å². The van der Waals surface area contributed by atoms with Gasteiger partial charge in [-0.3, -0.25) is 0 Å². The molecule has 4 nitrogen and oxygen atoms in total. The van der Waals surface area contributed by atoms with Gasteiger partial charge in [-0.05, 0) is 54.3 Å². The quantitative estimate of drug-likeness (QED) is 0.321. The van der Waals surface area contributed by atoms with Gasteiger partial charge in [0.2, 0.25) is 0 Å². The van der Waals surface area contributed by atoms with E-state index in [0.717, 1.165) is 49.9 Å². The van der Waals surface area contributed by atoms with E-state index in [0.29, 0.717) is 17.6 Å². The molecule has 2 heterocycles. The topological polar surface area (TPSA) is 52.6 Å². The van der Waals surface area contributed by atoms with Crippen LogP contribution in [0.1, 0.15) is 22.3 Å². The van der Waals surface area contributed by atoms with Gasteiger partial charge < -0.3 is 13.6 Å². The molecule has 0 radical (unpaired) electrons. The van der Waals surface area contributed by atoms with Crippen molar-refractivity contribution in [1.29, 1.82) is 0 Å². The third kappa shape index (κ3) is 3.21. The second-order valence-corrected chi connectivity index (χ2v) is 7.80. The fraction of sp³-hybridized carbons (Fsp3) is 0.148. The normalized spacial score (nSPS) is 11.3. The van der Waals surface area contributed by atoms with E-state index in [2.05, 4.69) is 0 Å². The predicted molar refractivity (Wildman–Crippen MR) is 123 cm³/mol. The monoisotopic (exact) mass is 410 g/mol. The average molecular weight is 410 g/mol. The summed E-state index contributed by atoms with van der Waals surface area (Å²) < 4.78 is 17.1. The van der Waals surface area contributed by atoms with Crippen molar-refractivity contribution >= 4 is 21.9 Å². The van der Waals surface area contributed by atoms with Crippen molar-refractivity contribution in [1.82, 2.24) is 0 Å². The highest BCUT2D eigenvalue weighted by Gasteiger charge is 2.20. The molecular weight excluding hydrogens is 388 g/mol. The molecule has 5 rings (SSSR count). The van der Waals surface area contributed by atoms with Crippen molar-refractivity contribution < 1.29 is 13.6 Å². The Balaban J connectivity index is 1.74. The zero-order chi connectivity index (χ0) is 21.5. The predicted octanol–water partition coefficient (Wildman–Crippen LogP) is 6.42. The fourth-order valence-corrected chi connectivity index (χ4v) is 4.28. The van der Waals surface area contributed by atoms with Gasteiger partial charge in [0.15, 0.2) is 0 Å². The number of methoxy groups -OCH3 is 1. The second-order valence-electron chi connectivity index (χ2n) is 7.80. The summed E-state index contributed by atoms with van der Waals surface area (Å²) >= 11 is 0. The lowest BCUT2D eigenvalue weighted by molar-refractivity contribution is 0.415. The van der Waals surface area contributed by atoms with E-state index in [1.54, 1.807) is 13.4 Å². The Morgan fingerprint density at radius 2 is 1.68 bits per heavy atom. The van der Waals surface area contributed by atoms with Crippen LogP contribution in [0, 0.1) is 13.8 Å². The Morgan fingerprint density at radius 1 is 0.935 bits per heavy atom. The van der Waals surface area contributed by atoms with Gasteiger partial charge >= 0.3 is 5.63 Å². The summed E-state index contributed by atoms with van der Waals surface area (Å²) in [4.78, 5) is 12.8. The molecule has 0 spiro atoms. The smallest absolute Gasteiger partial charge is 0.340 e. The highest BCUT2D eigenvalue weighted by Crippen LogP contribution is 2.39. The maximum Gasteiger partial charge on any atom is 0.340 e. The van der Waals surface area contributed by atoms with E-state index in [9.17, 15) is 4.79 Å².